The van der Waals surface area contributed by atoms with Crippen molar-refractivity contribution in [3.63, 3.8) is 0 Å². The van der Waals surface area contributed by atoms with Gasteiger partial charge in [-0.25, -0.2) is 9.97 Å². The number of thiazole rings is 2. The van der Waals surface area contributed by atoms with Gasteiger partial charge in [-0.2, -0.15) is 0 Å². The van der Waals surface area contributed by atoms with Gasteiger partial charge in [-0.15, -0.1) is 22.7 Å². The molecule has 0 bridgehead atoms. The SMILES string of the molecule is CN1CCC(OC(c2cccc(C#CCCC(N)c3cccc(C(OC4CCN(C)CC4)c4nc5ccccc5s4)c3)c2)c2nc3ccccc3s2)CC1. The third kappa shape index (κ3) is 8.93. The molecule has 0 aliphatic carbocycles. The number of aromatic nitrogens is 2. The summed E-state index contributed by atoms with van der Waals surface area (Å²) in [6, 6.07) is 33.6. The zero-order valence-corrected chi connectivity index (χ0v) is 32.8. The Kier molecular flexibility index (Phi) is 11.8. The first kappa shape index (κ1) is 37.0. The fourth-order valence-electron chi connectivity index (χ4n) is 7.48. The molecule has 9 heteroatoms. The summed E-state index contributed by atoms with van der Waals surface area (Å²) < 4.78 is 16.1. The van der Waals surface area contributed by atoms with E-state index in [2.05, 4.69) is 121 Å². The van der Waals surface area contributed by atoms with Crippen LogP contribution in [-0.2, 0) is 9.47 Å². The normalized spacial score (nSPS) is 18.1. The molecule has 2 aromatic heterocycles. The van der Waals surface area contributed by atoms with Gasteiger partial charge in [-0.3, -0.25) is 0 Å². The second-order valence-corrected chi connectivity index (χ2v) is 16.9. The summed E-state index contributed by atoms with van der Waals surface area (Å²) in [5.41, 5.74) is 13.2. The summed E-state index contributed by atoms with van der Waals surface area (Å²) in [6.45, 7) is 4.18. The van der Waals surface area contributed by atoms with Gasteiger partial charge in [-0.05, 0) is 99.3 Å². The molecule has 2 aliphatic rings. The molecule has 2 saturated heterocycles. The van der Waals surface area contributed by atoms with Crippen LogP contribution in [0.5, 0.6) is 0 Å². The molecule has 3 unspecified atom stereocenters. The molecule has 7 nitrogen and oxygen atoms in total. The van der Waals surface area contributed by atoms with Crippen LogP contribution >= 0.6 is 22.7 Å². The van der Waals surface area contributed by atoms with E-state index >= 15 is 0 Å². The second-order valence-electron chi connectivity index (χ2n) is 14.8. The van der Waals surface area contributed by atoms with Gasteiger partial charge in [0.15, 0.2) is 0 Å². The van der Waals surface area contributed by atoms with Gasteiger partial charge in [0.05, 0.1) is 32.6 Å². The van der Waals surface area contributed by atoms with E-state index in [9.17, 15) is 0 Å². The fraction of sp³-hybridized carbons (Fsp3) is 0.378. The minimum atomic E-state index is -0.231. The summed E-state index contributed by atoms with van der Waals surface area (Å²) in [6.07, 6.45) is 5.47. The predicted molar refractivity (Wildman–Crippen MR) is 222 cm³/mol. The van der Waals surface area contributed by atoms with Gasteiger partial charge in [0.25, 0.3) is 0 Å². The van der Waals surface area contributed by atoms with Gasteiger partial charge in [0, 0.05) is 44.2 Å². The molecule has 3 atom stereocenters. The molecule has 54 heavy (non-hydrogen) atoms. The van der Waals surface area contributed by atoms with Crippen LogP contribution in [0.2, 0.25) is 0 Å². The van der Waals surface area contributed by atoms with Crippen molar-refractivity contribution < 1.29 is 9.47 Å². The molecule has 2 fully saturated rings. The maximum Gasteiger partial charge on any atom is 0.134 e. The van der Waals surface area contributed by atoms with Gasteiger partial charge in [0.1, 0.15) is 22.2 Å². The van der Waals surface area contributed by atoms with Crippen molar-refractivity contribution in [3.8, 4) is 11.8 Å². The highest BCUT2D eigenvalue weighted by atomic mass is 32.1. The second kappa shape index (κ2) is 17.2. The zero-order chi connectivity index (χ0) is 36.9. The van der Waals surface area contributed by atoms with Crippen LogP contribution < -0.4 is 5.73 Å². The first-order valence-corrected chi connectivity index (χ1v) is 20.9. The van der Waals surface area contributed by atoms with Crippen LogP contribution in [0.1, 0.15) is 89.0 Å². The number of likely N-dealkylation sites (tertiary alicyclic amines) is 2. The van der Waals surface area contributed by atoms with E-state index in [1.54, 1.807) is 22.7 Å². The Bertz CT molecular complexity index is 2160. The molecule has 0 amide bonds. The van der Waals surface area contributed by atoms with E-state index in [1.165, 1.54) is 9.40 Å². The number of benzene rings is 4. The van der Waals surface area contributed by atoms with Crippen molar-refractivity contribution in [1.29, 1.82) is 0 Å². The van der Waals surface area contributed by atoms with Crippen molar-refractivity contribution in [2.45, 2.75) is 69.0 Å². The Labute approximate surface area is 327 Å². The van der Waals surface area contributed by atoms with E-state index in [1.807, 2.05) is 12.1 Å². The first-order valence-electron chi connectivity index (χ1n) is 19.3. The number of para-hydroxylation sites is 2. The molecule has 0 radical (unpaired) electrons. The molecule has 2 aliphatic heterocycles. The van der Waals surface area contributed by atoms with Crippen LogP contribution in [-0.4, -0.2) is 72.3 Å². The van der Waals surface area contributed by atoms with E-state index in [4.69, 9.17) is 25.2 Å². The maximum absolute atomic E-state index is 6.88. The van der Waals surface area contributed by atoms with E-state index < -0.39 is 0 Å². The van der Waals surface area contributed by atoms with E-state index in [-0.39, 0.29) is 30.5 Å². The average molecular weight is 756 g/mol. The number of rotatable bonds is 11. The molecule has 8 rings (SSSR count). The van der Waals surface area contributed by atoms with Crippen LogP contribution in [0.4, 0.5) is 0 Å². The summed E-state index contributed by atoms with van der Waals surface area (Å²) in [5, 5.41) is 1.99. The summed E-state index contributed by atoms with van der Waals surface area (Å²) in [5.74, 6) is 6.86. The Morgan fingerprint density at radius 1 is 0.667 bits per heavy atom. The lowest BCUT2D eigenvalue weighted by Crippen LogP contribution is -2.35. The van der Waals surface area contributed by atoms with Gasteiger partial charge >= 0.3 is 0 Å². The lowest BCUT2D eigenvalue weighted by atomic mass is 9.98. The van der Waals surface area contributed by atoms with Crippen LogP contribution in [0, 0.1) is 11.8 Å². The molecule has 278 valence electrons. The fourth-order valence-corrected chi connectivity index (χ4v) is 9.55. The molecule has 0 spiro atoms. The average Bonchev–Trinajstić information content (AvgIpc) is 3.84. The maximum atomic E-state index is 6.88. The van der Waals surface area contributed by atoms with Gasteiger partial charge < -0.3 is 25.0 Å². The highest BCUT2D eigenvalue weighted by molar-refractivity contribution is 7.19. The number of hydrogen-bond donors (Lipinski definition) is 1. The minimum absolute atomic E-state index is 0.142. The van der Waals surface area contributed by atoms with Crippen LogP contribution in [0.15, 0.2) is 97.1 Å². The Balaban J connectivity index is 0.965. The van der Waals surface area contributed by atoms with Crippen molar-refractivity contribution in [2.75, 3.05) is 40.3 Å². The van der Waals surface area contributed by atoms with E-state index in [0.717, 1.165) is 102 Å². The molecule has 4 heterocycles. The van der Waals surface area contributed by atoms with Gasteiger partial charge in [-0.1, -0.05) is 72.5 Å². The molecular weight excluding hydrogens is 707 g/mol. The Hall–Kier alpha value is -3.98. The number of hydrogen-bond acceptors (Lipinski definition) is 9. The largest absolute Gasteiger partial charge is 0.363 e. The minimum Gasteiger partial charge on any atom is -0.363 e. The highest BCUT2D eigenvalue weighted by Gasteiger charge is 2.28. The van der Waals surface area contributed by atoms with Crippen molar-refractivity contribution in [3.05, 3.63) is 129 Å². The molecular formula is C45H49N5O2S2. The zero-order valence-electron chi connectivity index (χ0n) is 31.2. The third-order valence-electron chi connectivity index (χ3n) is 10.7. The highest BCUT2D eigenvalue weighted by Crippen LogP contribution is 2.37. The predicted octanol–water partition coefficient (Wildman–Crippen LogP) is 9.14. The monoisotopic (exact) mass is 755 g/mol. The summed E-state index contributed by atoms with van der Waals surface area (Å²) in [7, 11) is 4.36. The van der Waals surface area contributed by atoms with Crippen LogP contribution in [0.3, 0.4) is 0 Å². The Morgan fingerprint density at radius 3 is 1.72 bits per heavy atom. The lowest BCUT2D eigenvalue weighted by molar-refractivity contribution is -0.0235. The van der Waals surface area contributed by atoms with Crippen LogP contribution in [0.25, 0.3) is 20.4 Å². The van der Waals surface area contributed by atoms with E-state index in [0.29, 0.717) is 6.42 Å². The van der Waals surface area contributed by atoms with Crippen molar-refractivity contribution in [1.82, 2.24) is 19.8 Å². The number of nitrogens with two attached hydrogens (primary N) is 1. The topological polar surface area (TPSA) is 76.7 Å². The molecule has 6 aromatic rings. The smallest absolute Gasteiger partial charge is 0.134 e. The number of ether oxygens (including phenoxy) is 2. The number of nitrogens with zero attached hydrogens (tertiary/aromatic N) is 4. The van der Waals surface area contributed by atoms with Crippen molar-refractivity contribution in [2.24, 2.45) is 5.73 Å². The molecule has 4 aromatic carbocycles. The van der Waals surface area contributed by atoms with Gasteiger partial charge in [0.2, 0.25) is 0 Å². The number of piperidine rings is 2. The quantitative estimate of drug-likeness (QED) is 0.132. The lowest BCUT2D eigenvalue weighted by Gasteiger charge is -2.31. The molecule has 2 N–H and O–H groups in total. The summed E-state index contributed by atoms with van der Waals surface area (Å²) >= 11 is 3.44. The first-order chi connectivity index (χ1) is 26.4. The third-order valence-corrected chi connectivity index (χ3v) is 12.9. The summed E-state index contributed by atoms with van der Waals surface area (Å²) in [4.78, 5) is 14.8. The standard InChI is InChI=1S/C45H49N5O2S2/c1-49-25-21-35(22-26-49)51-42(44-47-38-17-5-7-19-40(38)53-44)33-14-9-12-31(29-33)11-3-4-16-37(46)32-13-10-15-34(30-32)43(52-36-23-27-50(2)28-24-36)45-48-39-18-6-8-20-41(39)54-45/h5-10,12-15,17-20,29-30,35-37,42-43H,4,16,21-28,46H2,1-2H3. The molecule has 0 saturated carbocycles. The van der Waals surface area contributed by atoms with Crippen molar-refractivity contribution >= 4 is 43.1 Å². The number of fused-ring (bicyclic) bond motifs is 2. The Morgan fingerprint density at radius 2 is 1.17 bits per heavy atom.